The van der Waals surface area contributed by atoms with Crippen LogP contribution in [0.1, 0.15) is 26.7 Å². The molecule has 1 fully saturated rings. The van der Waals surface area contributed by atoms with E-state index in [4.69, 9.17) is 0 Å². The molecule has 1 aliphatic rings. The third-order valence-corrected chi connectivity index (χ3v) is 2.88. The van der Waals surface area contributed by atoms with Crippen LogP contribution in [0.4, 0.5) is 13.2 Å². The molecule has 0 bridgehead atoms. The Morgan fingerprint density at radius 3 is 2.47 bits per heavy atom. The molecule has 1 saturated heterocycles. The Kier molecular flexibility index (Phi) is 4.00. The van der Waals surface area contributed by atoms with Gasteiger partial charge in [0.2, 0.25) is 0 Å². The number of likely N-dealkylation sites (N-methyl/N-ethyl adjacent to an activating group) is 1. The van der Waals surface area contributed by atoms with Crippen LogP contribution in [-0.4, -0.2) is 42.8 Å². The molecule has 15 heavy (non-hydrogen) atoms. The van der Waals surface area contributed by atoms with Crippen molar-refractivity contribution in [2.45, 2.75) is 38.4 Å². The van der Waals surface area contributed by atoms with Gasteiger partial charge >= 0.3 is 6.18 Å². The minimum absolute atomic E-state index is 0.138. The molecule has 2 nitrogen and oxygen atoms in total. The molecule has 1 heterocycles. The SMILES string of the molecule is CCN(CC(F)(F)F)CC1(C)CCCN1. The highest BCUT2D eigenvalue weighted by Crippen LogP contribution is 2.22. The van der Waals surface area contributed by atoms with Crippen molar-refractivity contribution in [1.29, 1.82) is 0 Å². The number of nitrogens with one attached hydrogen (secondary N) is 1. The number of hydrogen-bond acceptors (Lipinski definition) is 2. The summed E-state index contributed by atoms with van der Waals surface area (Å²) in [6, 6.07) is 0. The lowest BCUT2D eigenvalue weighted by atomic mass is 10.00. The summed E-state index contributed by atoms with van der Waals surface area (Å²) in [6.45, 7) is 4.80. The standard InChI is InChI=1S/C10H19F3N2/c1-3-15(8-10(11,12)13)7-9(2)5-4-6-14-9/h14H,3-8H2,1-2H3. The molecule has 1 aliphatic heterocycles. The van der Waals surface area contributed by atoms with E-state index < -0.39 is 12.7 Å². The molecule has 1 rings (SSSR count). The lowest BCUT2D eigenvalue weighted by molar-refractivity contribution is -0.147. The van der Waals surface area contributed by atoms with Crippen molar-refractivity contribution in [3.05, 3.63) is 0 Å². The van der Waals surface area contributed by atoms with E-state index in [0.717, 1.165) is 19.4 Å². The van der Waals surface area contributed by atoms with Gasteiger partial charge in [-0.1, -0.05) is 6.92 Å². The first-order valence-corrected chi connectivity index (χ1v) is 5.39. The van der Waals surface area contributed by atoms with Gasteiger partial charge in [0.15, 0.2) is 0 Å². The van der Waals surface area contributed by atoms with Crippen molar-refractivity contribution in [3.8, 4) is 0 Å². The second kappa shape index (κ2) is 4.70. The molecule has 1 atom stereocenters. The van der Waals surface area contributed by atoms with Gasteiger partial charge in [-0.05, 0) is 32.9 Å². The number of nitrogens with zero attached hydrogens (tertiary/aromatic N) is 1. The van der Waals surface area contributed by atoms with Gasteiger partial charge in [0.05, 0.1) is 6.54 Å². The molecular weight excluding hydrogens is 205 g/mol. The van der Waals surface area contributed by atoms with Crippen LogP contribution >= 0.6 is 0 Å². The molecule has 0 amide bonds. The lowest BCUT2D eigenvalue weighted by Gasteiger charge is -2.32. The normalized spacial score (nSPS) is 27.6. The van der Waals surface area contributed by atoms with Crippen LogP contribution in [0.25, 0.3) is 0 Å². The molecule has 0 saturated carbocycles. The topological polar surface area (TPSA) is 15.3 Å². The molecule has 1 N–H and O–H groups in total. The summed E-state index contributed by atoms with van der Waals surface area (Å²) in [5.41, 5.74) is -0.138. The van der Waals surface area contributed by atoms with Gasteiger partial charge in [0.25, 0.3) is 0 Å². The molecule has 0 spiro atoms. The molecule has 0 aromatic rings. The zero-order chi connectivity index (χ0) is 11.5. The molecule has 1 unspecified atom stereocenters. The van der Waals surface area contributed by atoms with Crippen molar-refractivity contribution >= 4 is 0 Å². The van der Waals surface area contributed by atoms with Gasteiger partial charge in [-0.15, -0.1) is 0 Å². The monoisotopic (exact) mass is 224 g/mol. The quantitative estimate of drug-likeness (QED) is 0.786. The Morgan fingerprint density at radius 1 is 1.40 bits per heavy atom. The van der Waals surface area contributed by atoms with Gasteiger partial charge in [-0.25, -0.2) is 0 Å². The van der Waals surface area contributed by atoms with Crippen molar-refractivity contribution < 1.29 is 13.2 Å². The Hall–Kier alpha value is -0.290. The zero-order valence-electron chi connectivity index (χ0n) is 9.32. The number of rotatable bonds is 4. The Bertz CT molecular complexity index is 197. The molecule has 0 aromatic heterocycles. The summed E-state index contributed by atoms with van der Waals surface area (Å²) in [4.78, 5) is 1.46. The highest BCUT2D eigenvalue weighted by atomic mass is 19.4. The van der Waals surface area contributed by atoms with E-state index in [1.165, 1.54) is 4.90 Å². The van der Waals surface area contributed by atoms with Crippen LogP contribution < -0.4 is 5.32 Å². The maximum Gasteiger partial charge on any atom is 0.401 e. The summed E-state index contributed by atoms with van der Waals surface area (Å²) in [5, 5.41) is 3.27. The first-order valence-electron chi connectivity index (χ1n) is 5.39. The average molecular weight is 224 g/mol. The fraction of sp³-hybridized carbons (Fsp3) is 1.00. The largest absolute Gasteiger partial charge is 0.401 e. The highest BCUT2D eigenvalue weighted by Gasteiger charge is 2.35. The van der Waals surface area contributed by atoms with E-state index in [9.17, 15) is 13.2 Å². The fourth-order valence-corrected chi connectivity index (χ4v) is 2.12. The van der Waals surface area contributed by atoms with Gasteiger partial charge in [0.1, 0.15) is 0 Å². The van der Waals surface area contributed by atoms with E-state index in [1.807, 2.05) is 6.92 Å². The van der Waals surface area contributed by atoms with Crippen LogP contribution in [0.15, 0.2) is 0 Å². The molecule has 0 radical (unpaired) electrons. The van der Waals surface area contributed by atoms with E-state index in [0.29, 0.717) is 13.1 Å². The first kappa shape index (κ1) is 12.8. The Morgan fingerprint density at radius 2 is 2.07 bits per heavy atom. The first-order chi connectivity index (χ1) is 6.85. The minimum Gasteiger partial charge on any atom is -0.310 e. The summed E-state index contributed by atoms with van der Waals surface area (Å²) in [7, 11) is 0. The summed E-state index contributed by atoms with van der Waals surface area (Å²) < 4.78 is 36.7. The van der Waals surface area contributed by atoms with Crippen LogP contribution in [0.3, 0.4) is 0 Å². The van der Waals surface area contributed by atoms with E-state index in [2.05, 4.69) is 5.32 Å². The Balaban J connectivity index is 2.46. The van der Waals surface area contributed by atoms with Gasteiger partial charge in [-0.3, -0.25) is 4.90 Å². The highest BCUT2D eigenvalue weighted by molar-refractivity contribution is 4.91. The van der Waals surface area contributed by atoms with Crippen LogP contribution in [-0.2, 0) is 0 Å². The zero-order valence-corrected chi connectivity index (χ0v) is 9.32. The maximum atomic E-state index is 12.2. The van der Waals surface area contributed by atoms with E-state index >= 15 is 0 Å². The number of alkyl halides is 3. The summed E-state index contributed by atoms with van der Waals surface area (Å²) in [6.07, 6.45) is -2.08. The second-order valence-corrected chi connectivity index (χ2v) is 4.51. The predicted octanol–water partition coefficient (Wildman–Crippen LogP) is 2.01. The minimum atomic E-state index is -4.09. The lowest BCUT2D eigenvalue weighted by Crippen LogP contribution is -2.49. The predicted molar refractivity (Wildman–Crippen MR) is 53.8 cm³/mol. The van der Waals surface area contributed by atoms with Crippen LogP contribution in [0.5, 0.6) is 0 Å². The van der Waals surface area contributed by atoms with Gasteiger partial charge in [-0.2, -0.15) is 13.2 Å². The third kappa shape index (κ3) is 4.38. The van der Waals surface area contributed by atoms with Crippen LogP contribution in [0.2, 0.25) is 0 Å². The second-order valence-electron chi connectivity index (χ2n) is 4.51. The third-order valence-electron chi connectivity index (χ3n) is 2.88. The molecular formula is C10H19F3N2. The molecule has 0 aliphatic carbocycles. The fourth-order valence-electron chi connectivity index (χ4n) is 2.12. The van der Waals surface area contributed by atoms with Crippen molar-refractivity contribution in [2.24, 2.45) is 0 Å². The number of hydrogen-bond donors (Lipinski definition) is 1. The van der Waals surface area contributed by atoms with E-state index in [1.54, 1.807) is 6.92 Å². The molecule has 90 valence electrons. The molecule has 0 aromatic carbocycles. The van der Waals surface area contributed by atoms with Gasteiger partial charge in [0, 0.05) is 12.1 Å². The molecule has 5 heteroatoms. The van der Waals surface area contributed by atoms with E-state index in [-0.39, 0.29) is 5.54 Å². The smallest absolute Gasteiger partial charge is 0.310 e. The number of halogens is 3. The van der Waals surface area contributed by atoms with Crippen molar-refractivity contribution in [1.82, 2.24) is 10.2 Å². The summed E-state index contributed by atoms with van der Waals surface area (Å²) >= 11 is 0. The van der Waals surface area contributed by atoms with Crippen LogP contribution in [0, 0.1) is 0 Å². The van der Waals surface area contributed by atoms with Crippen molar-refractivity contribution in [3.63, 3.8) is 0 Å². The average Bonchev–Trinajstić information content (AvgIpc) is 2.48. The Labute approximate surface area is 88.8 Å². The van der Waals surface area contributed by atoms with Gasteiger partial charge < -0.3 is 5.32 Å². The maximum absolute atomic E-state index is 12.2. The van der Waals surface area contributed by atoms with Crippen molar-refractivity contribution in [2.75, 3.05) is 26.2 Å². The summed E-state index contributed by atoms with van der Waals surface area (Å²) in [5.74, 6) is 0.